The largest absolute Gasteiger partial charge is 0.491 e. The first-order valence-corrected chi connectivity index (χ1v) is 8.43. The molecule has 2 aromatic rings. The molecule has 2 aromatic carbocycles. The van der Waals surface area contributed by atoms with Gasteiger partial charge < -0.3 is 19.9 Å². The van der Waals surface area contributed by atoms with Crippen molar-refractivity contribution in [3.8, 4) is 5.75 Å². The van der Waals surface area contributed by atoms with Crippen LogP contribution in [0.3, 0.4) is 0 Å². The molecule has 25 heavy (non-hydrogen) atoms. The lowest BCUT2D eigenvalue weighted by molar-refractivity contribution is 0.0697. The summed E-state index contributed by atoms with van der Waals surface area (Å²) in [4.78, 5) is 10.9. The van der Waals surface area contributed by atoms with Crippen LogP contribution in [0.15, 0.2) is 42.5 Å². The van der Waals surface area contributed by atoms with Crippen molar-refractivity contribution in [1.29, 1.82) is 0 Å². The zero-order chi connectivity index (χ0) is 18.1. The van der Waals surface area contributed by atoms with Crippen LogP contribution in [-0.2, 0) is 17.8 Å². The minimum Gasteiger partial charge on any atom is -0.491 e. The van der Waals surface area contributed by atoms with E-state index in [0.717, 1.165) is 22.4 Å². The molecule has 2 N–H and O–H groups in total. The van der Waals surface area contributed by atoms with Gasteiger partial charge in [-0.3, -0.25) is 0 Å². The number of aromatic carboxylic acids is 1. The van der Waals surface area contributed by atoms with Gasteiger partial charge in [-0.2, -0.15) is 0 Å². The summed E-state index contributed by atoms with van der Waals surface area (Å²) in [5.41, 5.74) is 3.58. The number of carbonyl (C=O) groups is 1. The number of carboxylic acids is 1. The van der Waals surface area contributed by atoms with E-state index < -0.39 is 5.97 Å². The molecule has 0 saturated carbocycles. The van der Waals surface area contributed by atoms with Crippen LogP contribution < -0.4 is 10.1 Å². The highest BCUT2D eigenvalue weighted by Crippen LogP contribution is 2.20. The highest BCUT2D eigenvalue weighted by Gasteiger charge is 2.05. The quantitative estimate of drug-likeness (QED) is 0.647. The molecule has 0 amide bonds. The van der Waals surface area contributed by atoms with Crippen molar-refractivity contribution < 1.29 is 19.4 Å². The normalized spacial score (nSPS) is 10.6. The summed E-state index contributed by atoms with van der Waals surface area (Å²) in [6, 6.07) is 13.0. The molecule has 5 heteroatoms. The number of hydrogen-bond donors (Lipinski definition) is 2. The Bertz CT molecular complexity index is 683. The summed E-state index contributed by atoms with van der Waals surface area (Å²) in [6.45, 7) is 7.12. The summed E-state index contributed by atoms with van der Waals surface area (Å²) >= 11 is 0. The highest BCUT2D eigenvalue weighted by molar-refractivity contribution is 5.87. The van der Waals surface area contributed by atoms with Gasteiger partial charge in [0.1, 0.15) is 12.4 Å². The van der Waals surface area contributed by atoms with Gasteiger partial charge in [0.05, 0.1) is 12.2 Å². The standard InChI is InChI=1S/C20H25NO4/c1-3-24-10-11-25-19-12-15(2)4-7-18(19)14-21-13-16-5-8-17(9-6-16)20(22)23/h4-9,12,21H,3,10-11,13-14H2,1-2H3,(H,22,23). The average molecular weight is 343 g/mol. The second-order valence-electron chi connectivity index (χ2n) is 5.76. The molecule has 0 aliphatic heterocycles. The molecule has 0 aliphatic rings. The van der Waals surface area contributed by atoms with E-state index in [2.05, 4.69) is 17.4 Å². The molecule has 0 aliphatic carbocycles. The predicted molar refractivity (Wildman–Crippen MR) is 97.1 cm³/mol. The molecule has 134 valence electrons. The Kier molecular flexibility index (Phi) is 7.44. The molecule has 0 fully saturated rings. The third kappa shape index (κ3) is 6.21. The zero-order valence-electron chi connectivity index (χ0n) is 14.7. The number of hydrogen-bond acceptors (Lipinski definition) is 4. The van der Waals surface area contributed by atoms with Crippen molar-refractivity contribution in [3.05, 3.63) is 64.7 Å². The van der Waals surface area contributed by atoms with E-state index in [1.54, 1.807) is 12.1 Å². The van der Waals surface area contributed by atoms with Crippen LogP contribution in [0.5, 0.6) is 5.75 Å². The minimum atomic E-state index is -0.909. The first-order valence-electron chi connectivity index (χ1n) is 8.43. The Labute approximate surface area is 148 Å². The summed E-state index contributed by atoms with van der Waals surface area (Å²) in [5, 5.41) is 12.3. The summed E-state index contributed by atoms with van der Waals surface area (Å²) < 4.78 is 11.1. The first-order chi connectivity index (χ1) is 12.1. The summed E-state index contributed by atoms with van der Waals surface area (Å²) in [5.74, 6) is -0.0403. The van der Waals surface area contributed by atoms with Crippen LogP contribution in [-0.4, -0.2) is 30.9 Å². The fourth-order valence-corrected chi connectivity index (χ4v) is 2.40. The number of carboxylic acid groups (broad SMARTS) is 1. The van der Waals surface area contributed by atoms with Crippen LogP contribution >= 0.6 is 0 Å². The smallest absolute Gasteiger partial charge is 0.335 e. The highest BCUT2D eigenvalue weighted by atomic mass is 16.5. The van der Waals surface area contributed by atoms with E-state index in [1.165, 1.54) is 0 Å². The van der Waals surface area contributed by atoms with Gasteiger partial charge in [0.2, 0.25) is 0 Å². The van der Waals surface area contributed by atoms with E-state index in [-0.39, 0.29) is 0 Å². The monoisotopic (exact) mass is 343 g/mol. The average Bonchev–Trinajstić information content (AvgIpc) is 2.61. The van der Waals surface area contributed by atoms with E-state index in [9.17, 15) is 4.79 Å². The van der Waals surface area contributed by atoms with Gasteiger partial charge in [0, 0.05) is 25.3 Å². The Hall–Kier alpha value is -2.37. The molecule has 0 aromatic heterocycles. The summed E-state index contributed by atoms with van der Waals surface area (Å²) in [7, 11) is 0. The first kappa shape index (κ1) is 19.0. The van der Waals surface area contributed by atoms with Crippen LogP contribution in [0, 0.1) is 6.92 Å². The zero-order valence-corrected chi connectivity index (χ0v) is 14.7. The molecule has 0 radical (unpaired) electrons. The maximum atomic E-state index is 10.9. The molecular formula is C20H25NO4. The maximum absolute atomic E-state index is 10.9. The third-order valence-electron chi connectivity index (χ3n) is 3.76. The number of nitrogens with one attached hydrogen (secondary N) is 1. The number of ether oxygens (including phenoxy) is 2. The molecule has 5 nitrogen and oxygen atoms in total. The van der Waals surface area contributed by atoms with Crippen LogP contribution in [0.4, 0.5) is 0 Å². The van der Waals surface area contributed by atoms with Gasteiger partial charge in [-0.05, 0) is 43.2 Å². The lowest BCUT2D eigenvalue weighted by Crippen LogP contribution is -2.15. The van der Waals surface area contributed by atoms with Crippen LogP contribution in [0.1, 0.15) is 34.0 Å². The van der Waals surface area contributed by atoms with Crippen molar-refractivity contribution in [2.75, 3.05) is 19.8 Å². The van der Waals surface area contributed by atoms with Gasteiger partial charge in [-0.25, -0.2) is 4.79 Å². The van der Waals surface area contributed by atoms with Gasteiger partial charge in [-0.1, -0.05) is 24.3 Å². The van der Waals surface area contributed by atoms with Crippen molar-refractivity contribution in [2.45, 2.75) is 26.9 Å². The Morgan fingerprint density at radius 1 is 1.08 bits per heavy atom. The Morgan fingerprint density at radius 2 is 1.84 bits per heavy atom. The maximum Gasteiger partial charge on any atom is 0.335 e. The van der Waals surface area contributed by atoms with Crippen molar-refractivity contribution in [3.63, 3.8) is 0 Å². The van der Waals surface area contributed by atoms with Gasteiger partial charge >= 0.3 is 5.97 Å². The minimum absolute atomic E-state index is 0.298. The molecule has 0 atom stereocenters. The van der Waals surface area contributed by atoms with Crippen molar-refractivity contribution >= 4 is 5.97 Å². The summed E-state index contributed by atoms with van der Waals surface area (Å²) in [6.07, 6.45) is 0. The Balaban J connectivity index is 1.89. The van der Waals surface area contributed by atoms with Gasteiger partial charge in [-0.15, -0.1) is 0 Å². The number of benzene rings is 2. The number of aryl methyl sites for hydroxylation is 1. The van der Waals surface area contributed by atoms with Gasteiger partial charge in [0.15, 0.2) is 0 Å². The van der Waals surface area contributed by atoms with E-state index >= 15 is 0 Å². The number of rotatable bonds is 10. The molecule has 0 unspecified atom stereocenters. The second kappa shape index (κ2) is 9.81. The third-order valence-corrected chi connectivity index (χ3v) is 3.76. The molecular weight excluding hydrogens is 318 g/mol. The molecule has 0 heterocycles. The van der Waals surface area contributed by atoms with Gasteiger partial charge in [0.25, 0.3) is 0 Å². The fraction of sp³-hybridized carbons (Fsp3) is 0.350. The fourth-order valence-electron chi connectivity index (χ4n) is 2.40. The topological polar surface area (TPSA) is 67.8 Å². The van der Waals surface area contributed by atoms with E-state index in [1.807, 2.05) is 32.0 Å². The SMILES string of the molecule is CCOCCOc1cc(C)ccc1CNCc1ccc(C(=O)O)cc1. The van der Waals surface area contributed by atoms with E-state index in [4.69, 9.17) is 14.6 Å². The Morgan fingerprint density at radius 3 is 2.52 bits per heavy atom. The lowest BCUT2D eigenvalue weighted by atomic mass is 10.1. The molecule has 0 bridgehead atoms. The van der Waals surface area contributed by atoms with Crippen molar-refractivity contribution in [1.82, 2.24) is 5.32 Å². The van der Waals surface area contributed by atoms with Crippen LogP contribution in [0.25, 0.3) is 0 Å². The van der Waals surface area contributed by atoms with Crippen LogP contribution in [0.2, 0.25) is 0 Å². The van der Waals surface area contributed by atoms with E-state index in [0.29, 0.717) is 38.5 Å². The predicted octanol–water partition coefficient (Wildman–Crippen LogP) is 3.40. The second-order valence-corrected chi connectivity index (χ2v) is 5.76. The van der Waals surface area contributed by atoms with Crippen molar-refractivity contribution in [2.24, 2.45) is 0 Å². The molecule has 2 rings (SSSR count). The molecule has 0 spiro atoms. The lowest BCUT2D eigenvalue weighted by Gasteiger charge is -2.13. The molecule has 0 saturated heterocycles.